The fourth-order valence-electron chi connectivity index (χ4n) is 2.22. The molecule has 0 radical (unpaired) electrons. The number of hydrogen-bond acceptors (Lipinski definition) is 2. The van der Waals surface area contributed by atoms with E-state index in [9.17, 15) is 0 Å². The van der Waals surface area contributed by atoms with Crippen LogP contribution in [0.5, 0.6) is 0 Å². The van der Waals surface area contributed by atoms with Gasteiger partial charge in [0, 0.05) is 12.6 Å². The smallest absolute Gasteiger partial charge is 0.0743 e. The van der Waals surface area contributed by atoms with E-state index in [0.29, 0.717) is 0 Å². The van der Waals surface area contributed by atoms with E-state index in [1.54, 1.807) is 0 Å². The topological polar surface area (TPSA) is 29.9 Å². The zero-order valence-corrected chi connectivity index (χ0v) is 12.9. The maximum absolute atomic E-state index is 4.58. The summed E-state index contributed by atoms with van der Waals surface area (Å²) in [6.45, 7) is 5.05. The third-order valence-electron chi connectivity index (χ3n) is 3.53. The van der Waals surface area contributed by atoms with Crippen LogP contribution in [0.15, 0.2) is 28.7 Å². The summed E-state index contributed by atoms with van der Waals surface area (Å²) in [7, 11) is 0. The van der Waals surface area contributed by atoms with Crippen molar-refractivity contribution in [3.8, 4) is 5.69 Å². The lowest BCUT2D eigenvalue weighted by atomic mass is 10.2. The highest BCUT2D eigenvalue weighted by Gasteiger charge is 2.20. The summed E-state index contributed by atoms with van der Waals surface area (Å²) in [4.78, 5) is 0. The van der Waals surface area contributed by atoms with Gasteiger partial charge in [-0.25, -0.2) is 4.68 Å². The highest BCUT2D eigenvalue weighted by Crippen LogP contribution is 2.24. The molecule has 1 aromatic carbocycles. The van der Waals surface area contributed by atoms with E-state index in [-0.39, 0.29) is 0 Å². The molecule has 19 heavy (non-hydrogen) atoms. The van der Waals surface area contributed by atoms with E-state index >= 15 is 0 Å². The van der Waals surface area contributed by atoms with E-state index in [0.717, 1.165) is 34.1 Å². The third kappa shape index (κ3) is 2.74. The Morgan fingerprint density at radius 1 is 1.37 bits per heavy atom. The van der Waals surface area contributed by atoms with Gasteiger partial charge in [0.25, 0.3) is 0 Å². The lowest BCUT2D eigenvalue weighted by Crippen LogP contribution is -2.15. The van der Waals surface area contributed by atoms with Crippen molar-refractivity contribution in [2.24, 2.45) is 0 Å². The molecular weight excluding hydrogens is 302 g/mol. The van der Waals surface area contributed by atoms with Gasteiger partial charge in [-0.15, -0.1) is 0 Å². The van der Waals surface area contributed by atoms with E-state index < -0.39 is 0 Å². The van der Waals surface area contributed by atoms with Crippen LogP contribution in [0, 0.1) is 13.8 Å². The lowest BCUT2D eigenvalue weighted by Gasteiger charge is -2.08. The minimum absolute atomic E-state index is 0.742. The van der Waals surface area contributed by atoms with Crippen LogP contribution < -0.4 is 5.32 Å². The Hall–Kier alpha value is -1.13. The third-order valence-corrected chi connectivity index (χ3v) is 4.68. The summed E-state index contributed by atoms with van der Waals surface area (Å²) in [5.41, 5.74) is 4.61. The molecular formula is C15H18BrN3. The van der Waals surface area contributed by atoms with Crippen molar-refractivity contribution in [2.45, 2.75) is 39.3 Å². The molecule has 3 nitrogen and oxygen atoms in total. The standard InChI is InChI=1S/C15H18BrN3/c1-10-15(16)11(2)19(18-10)14-5-3-4-12(8-14)9-17-13-6-7-13/h3-5,8,13,17H,6-7,9H2,1-2H3. The molecule has 1 fully saturated rings. The number of benzene rings is 1. The number of aromatic nitrogens is 2. The predicted octanol–water partition coefficient (Wildman–Crippen LogP) is 3.50. The van der Waals surface area contributed by atoms with Gasteiger partial charge in [0.2, 0.25) is 0 Å². The first-order valence-electron chi connectivity index (χ1n) is 6.69. The van der Waals surface area contributed by atoms with Gasteiger partial charge < -0.3 is 5.32 Å². The number of halogens is 1. The van der Waals surface area contributed by atoms with Crippen molar-refractivity contribution in [3.05, 3.63) is 45.7 Å². The van der Waals surface area contributed by atoms with Crippen LogP contribution in [0.1, 0.15) is 29.8 Å². The molecule has 1 saturated carbocycles. The Morgan fingerprint density at radius 2 is 2.16 bits per heavy atom. The molecule has 3 rings (SSSR count). The molecule has 0 aliphatic heterocycles. The van der Waals surface area contributed by atoms with Gasteiger partial charge in [-0.05, 0) is 60.3 Å². The molecule has 0 saturated heterocycles. The summed E-state index contributed by atoms with van der Waals surface area (Å²) in [6.07, 6.45) is 2.65. The molecule has 0 amide bonds. The number of rotatable bonds is 4. The van der Waals surface area contributed by atoms with Gasteiger partial charge in [-0.2, -0.15) is 5.10 Å². The molecule has 1 aliphatic carbocycles. The average molecular weight is 320 g/mol. The fraction of sp³-hybridized carbons (Fsp3) is 0.400. The Kier molecular flexibility index (Phi) is 3.46. The number of hydrogen-bond donors (Lipinski definition) is 1. The number of nitrogens with one attached hydrogen (secondary N) is 1. The molecule has 4 heteroatoms. The van der Waals surface area contributed by atoms with Crippen molar-refractivity contribution >= 4 is 15.9 Å². The minimum atomic E-state index is 0.742. The average Bonchev–Trinajstić information content (AvgIpc) is 3.21. The van der Waals surface area contributed by atoms with Crippen LogP contribution in [0.2, 0.25) is 0 Å². The van der Waals surface area contributed by atoms with Gasteiger partial charge >= 0.3 is 0 Å². The summed E-state index contributed by atoms with van der Waals surface area (Å²) in [6, 6.07) is 9.32. The fourth-order valence-corrected chi connectivity index (χ4v) is 2.47. The zero-order chi connectivity index (χ0) is 13.4. The SMILES string of the molecule is Cc1nn(-c2cccc(CNC3CC3)c2)c(C)c1Br. The molecule has 2 aromatic rings. The van der Waals surface area contributed by atoms with E-state index in [1.807, 2.05) is 11.6 Å². The van der Waals surface area contributed by atoms with Crippen LogP contribution in [0.4, 0.5) is 0 Å². The Labute approximate surface area is 122 Å². The molecule has 1 N–H and O–H groups in total. The first-order chi connectivity index (χ1) is 9.15. The predicted molar refractivity (Wildman–Crippen MR) is 80.6 cm³/mol. The first kappa shape index (κ1) is 12.9. The van der Waals surface area contributed by atoms with Gasteiger partial charge in [0.15, 0.2) is 0 Å². The largest absolute Gasteiger partial charge is 0.310 e. The molecule has 100 valence electrons. The maximum Gasteiger partial charge on any atom is 0.0743 e. The van der Waals surface area contributed by atoms with Gasteiger partial charge in [0.1, 0.15) is 0 Å². The van der Waals surface area contributed by atoms with E-state index in [2.05, 4.69) is 57.5 Å². The van der Waals surface area contributed by atoms with Gasteiger partial charge in [-0.1, -0.05) is 12.1 Å². The second kappa shape index (κ2) is 5.10. The minimum Gasteiger partial charge on any atom is -0.310 e. The monoisotopic (exact) mass is 319 g/mol. The van der Waals surface area contributed by atoms with Crippen molar-refractivity contribution in [1.29, 1.82) is 0 Å². The van der Waals surface area contributed by atoms with E-state index in [1.165, 1.54) is 18.4 Å². The normalized spacial score (nSPS) is 14.9. The van der Waals surface area contributed by atoms with Crippen molar-refractivity contribution < 1.29 is 0 Å². The quantitative estimate of drug-likeness (QED) is 0.934. The summed E-state index contributed by atoms with van der Waals surface area (Å²) >= 11 is 3.58. The van der Waals surface area contributed by atoms with Crippen LogP contribution in [-0.2, 0) is 6.54 Å². The highest BCUT2D eigenvalue weighted by molar-refractivity contribution is 9.10. The maximum atomic E-state index is 4.58. The second-order valence-corrected chi connectivity index (χ2v) is 6.01. The summed E-state index contributed by atoms with van der Waals surface area (Å²) < 4.78 is 3.09. The van der Waals surface area contributed by atoms with Gasteiger partial charge in [0.05, 0.1) is 21.5 Å². The number of aryl methyl sites for hydroxylation is 1. The number of nitrogens with zero attached hydrogens (tertiary/aromatic N) is 2. The molecule has 0 atom stereocenters. The van der Waals surface area contributed by atoms with Crippen LogP contribution in [0.3, 0.4) is 0 Å². The van der Waals surface area contributed by atoms with E-state index in [4.69, 9.17) is 0 Å². The van der Waals surface area contributed by atoms with Crippen molar-refractivity contribution in [2.75, 3.05) is 0 Å². The molecule has 0 unspecified atom stereocenters. The second-order valence-electron chi connectivity index (χ2n) is 5.22. The Bertz CT molecular complexity index is 599. The molecule has 0 spiro atoms. The molecule has 0 bridgehead atoms. The first-order valence-corrected chi connectivity index (χ1v) is 7.49. The van der Waals surface area contributed by atoms with Gasteiger partial charge in [-0.3, -0.25) is 0 Å². The van der Waals surface area contributed by atoms with Crippen LogP contribution in [0.25, 0.3) is 5.69 Å². The summed E-state index contributed by atoms with van der Waals surface area (Å²) in [5, 5.41) is 8.12. The Balaban J connectivity index is 1.86. The van der Waals surface area contributed by atoms with Crippen molar-refractivity contribution in [3.63, 3.8) is 0 Å². The van der Waals surface area contributed by atoms with Crippen molar-refractivity contribution in [1.82, 2.24) is 15.1 Å². The molecule has 1 heterocycles. The molecule has 1 aromatic heterocycles. The van der Waals surface area contributed by atoms with Crippen LogP contribution >= 0.6 is 15.9 Å². The van der Waals surface area contributed by atoms with Crippen LogP contribution in [-0.4, -0.2) is 15.8 Å². The Morgan fingerprint density at radius 3 is 2.79 bits per heavy atom. The highest BCUT2D eigenvalue weighted by atomic mass is 79.9. The molecule has 1 aliphatic rings. The zero-order valence-electron chi connectivity index (χ0n) is 11.3. The lowest BCUT2D eigenvalue weighted by molar-refractivity contribution is 0.686. The summed E-state index contributed by atoms with van der Waals surface area (Å²) in [5.74, 6) is 0.